The summed E-state index contributed by atoms with van der Waals surface area (Å²) in [7, 11) is 0. The lowest BCUT2D eigenvalue weighted by Crippen LogP contribution is -2.76. The van der Waals surface area contributed by atoms with Crippen LogP contribution in [-0.4, -0.2) is 49.5 Å². The van der Waals surface area contributed by atoms with Crippen molar-refractivity contribution in [3.8, 4) is 11.8 Å². The van der Waals surface area contributed by atoms with Crippen LogP contribution in [0.2, 0.25) is 0 Å². The fraction of sp³-hybridized carbons (Fsp3) is 0.429. The first kappa shape index (κ1) is 22.3. The van der Waals surface area contributed by atoms with Gasteiger partial charge < -0.3 is 15.0 Å². The molecule has 34 heavy (non-hydrogen) atoms. The number of halogens is 5. The largest absolute Gasteiger partial charge is 0.421 e. The fourth-order valence-electron chi connectivity index (χ4n) is 4.64. The third-order valence-electron chi connectivity index (χ3n) is 6.24. The quantitative estimate of drug-likeness (QED) is 0.534. The van der Waals surface area contributed by atoms with Crippen LogP contribution in [0, 0.1) is 30.4 Å². The molecular weight excluding hydrogens is 461 g/mol. The predicted molar refractivity (Wildman–Crippen MR) is 110 cm³/mol. The minimum Gasteiger partial charge on any atom is -0.421 e. The molecule has 4 atom stereocenters. The number of aryl methyl sites for hydroxylation is 1. The second-order valence-electron chi connectivity index (χ2n) is 8.50. The Labute approximate surface area is 190 Å². The summed E-state index contributed by atoms with van der Waals surface area (Å²) in [6, 6.07) is 4.59. The minimum absolute atomic E-state index is 0.0790. The van der Waals surface area contributed by atoms with Crippen LogP contribution in [0.15, 0.2) is 30.6 Å². The topological polar surface area (TPSA) is 81.0 Å². The molecule has 2 aromatic heterocycles. The molecule has 3 heterocycles. The predicted octanol–water partition coefficient (Wildman–Crippen LogP) is 3.94. The smallest absolute Gasteiger partial charge is 0.408 e. The van der Waals surface area contributed by atoms with Gasteiger partial charge in [-0.2, -0.15) is 22.5 Å². The van der Waals surface area contributed by atoms with Crippen molar-refractivity contribution < 1.29 is 26.7 Å². The van der Waals surface area contributed by atoms with E-state index < -0.39 is 36.1 Å². The van der Waals surface area contributed by atoms with Gasteiger partial charge in [0, 0.05) is 36.3 Å². The maximum Gasteiger partial charge on any atom is 0.408 e. The van der Waals surface area contributed by atoms with Gasteiger partial charge in [0.15, 0.2) is 11.6 Å². The number of nitrogens with one attached hydrogen (secondary N) is 1. The average Bonchev–Trinajstić information content (AvgIpc) is 3.09. The summed E-state index contributed by atoms with van der Waals surface area (Å²) in [6.07, 6.45) is -3.11. The van der Waals surface area contributed by atoms with Crippen LogP contribution in [-0.2, 0) is 6.54 Å². The monoisotopic (exact) mass is 481 g/mol. The highest BCUT2D eigenvalue weighted by Crippen LogP contribution is 2.49. The Bertz CT molecular complexity index is 1210. The number of fused-ring (bicyclic) bond motifs is 1. The summed E-state index contributed by atoms with van der Waals surface area (Å²) < 4.78 is 72.3. The molecule has 3 aromatic rings. The number of alkyl halides is 3. The molecule has 1 saturated carbocycles. The molecule has 2 fully saturated rings. The number of aromatic nitrogens is 5. The van der Waals surface area contributed by atoms with E-state index in [2.05, 4.69) is 30.3 Å². The number of nitrogens with zero attached hydrogens (tertiary/aromatic N) is 6. The van der Waals surface area contributed by atoms with Gasteiger partial charge in [-0.15, -0.1) is 5.10 Å². The van der Waals surface area contributed by atoms with Crippen molar-refractivity contribution >= 4 is 11.8 Å². The number of piperidine rings is 1. The zero-order valence-electron chi connectivity index (χ0n) is 18.1. The van der Waals surface area contributed by atoms with Gasteiger partial charge in [-0.25, -0.2) is 19.0 Å². The lowest BCUT2D eigenvalue weighted by atomic mass is 9.59. The van der Waals surface area contributed by atoms with Gasteiger partial charge in [-0.3, -0.25) is 0 Å². The van der Waals surface area contributed by atoms with Gasteiger partial charge in [-0.05, 0) is 25.0 Å². The molecule has 8 nitrogen and oxygen atoms in total. The molecule has 1 saturated heterocycles. The van der Waals surface area contributed by atoms with Crippen molar-refractivity contribution in [1.29, 1.82) is 0 Å². The summed E-state index contributed by atoms with van der Waals surface area (Å²) in [5.41, 5.74) is 0.858. The SMILES string of the molecule is Cc1cc(N2CC3C(Nc4nc(Oc5cccc(F)c5F)n(CC(F)(F)F)n4)C(C)C32)ncn1. The van der Waals surface area contributed by atoms with Gasteiger partial charge in [-0.1, -0.05) is 13.0 Å². The molecule has 0 bridgehead atoms. The summed E-state index contributed by atoms with van der Waals surface area (Å²) >= 11 is 0. The zero-order valence-corrected chi connectivity index (χ0v) is 18.1. The number of anilines is 2. The van der Waals surface area contributed by atoms with Crippen molar-refractivity contribution in [1.82, 2.24) is 24.7 Å². The van der Waals surface area contributed by atoms with Crippen molar-refractivity contribution in [2.75, 3.05) is 16.8 Å². The van der Waals surface area contributed by atoms with Gasteiger partial charge >= 0.3 is 12.2 Å². The van der Waals surface area contributed by atoms with Crippen LogP contribution in [0.25, 0.3) is 0 Å². The summed E-state index contributed by atoms with van der Waals surface area (Å²) in [5, 5.41) is 6.96. The Morgan fingerprint density at radius 3 is 2.71 bits per heavy atom. The van der Waals surface area contributed by atoms with Gasteiger partial charge in [0.1, 0.15) is 18.7 Å². The molecule has 0 radical (unpaired) electrons. The van der Waals surface area contributed by atoms with E-state index in [1.54, 1.807) is 0 Å². The van der Waals surface area contributed by atoms with E-state index >= 15 is 0 Å². The van der Waals surface area contributed by atoms with Crippen LogP contribution in [0.5, 0.6) is 11.8 Å². The number of hydrogen-bond acceptors (Lipinski definition) is 7. The van der Waals surface area contributed by atoms with E-state index in [9.17, 15) is 22.0 Å². The third-order valence-corrected chi connectivity index (χ3v) is 6.24. The van der Waals surface area contributed by atoms with Crippen LogP contribution in [0.3, 0.4) is 0 Å². The van der Waals surface area contributed by atoms with Crippen LogP contribution in [0.1, 0.15) is 12.6 Å². The first-order valence-corrected chi connectivity index (χ1v) is 10.6. The second kappa shape index (κ2) is 8.06. The van der Waals surface area contributed by atoms with Crippen LogP contribution < -0.4 is 15.0 Å². The number of benzene rings is 1. The Balaban J connectivity index is 1.33. The molecule has 0 amide bonds. The van der Waals surface area contributed by atoms with E-state index in [4.69, 9.17) is 4.74 Å². The van der Waals surface area contributed by atoms with Crippen molar-refractivity contribution in [3.05, 3.63) is 47.9 Å². The normalized spacial score (nSPS) is 23.7. The Kier molecular flexibility index (Phi) is 5.29. The standard InChI is InChI=1S/C21H20F5N7O/c1-10-6-15(28-9-27-10)32-7-12-17(11(2)18(12)32)29-19-30-20(33(31-19)8-21(24,25)26)34-14-5-3-4-13(22)16(14)23/h3-6,9,11-12,17-18H,7-8H2,1-2H3,(H,29,31). The van der Waals surface area contributed by atoms with E-state index in [0.29, 0.717) is 11.2 Å². The average molecular weight is 481 g/mol. The molecule has 4 unspecified atom stereocenters. The Morgan fingerprint density at radius 1 is 1.21 bits per heavy atom. The second-order valence-corrected chi connectivity index (χ2v) is 8.50. The number of rotatable bonds is 6. The molecule has 180 valence electrons. The molecule has 5 rings (SSSR count). The first-order chi connectivity index (χ1) is 16.1. The molecule has 0 spiro atoms. The van der Waals surface area contributed by atoms with Gasteiger partial charge in [0.2, 0.25) is 11.8 Å². The van der Waals surface area contributed by atoms with E-state index in [1.165, 1.54) is 12.4 Å². The summed E-state index contributed by atoms with van der Waals surface area (Å²) in [4.78, 5) is 14.6. The number of ether oxygens (including phenoxy) is 1. The maximum atomic E-state index is 14.0. The van der Waals surface area contributed by atoms with Crippen molar-refractivity contribution in [2.45, 2.75) is 38.7 Å². The molecular formula is C21H20F5N7O. The minimum atomic E-state index is -4.62. The molecule has 1 aliphatic carbocycles. The Hall–Kier alpha value is -3.51. The summed E-state index contributed by atoms with van der Waals surface area (Å²) in [5.74, 6) is -2.00. The van der Waals surface area contributed by atoms with E-state index in [0.717, 1.165) is 23.6 Å². The molecule has 1 N–H and O–H groups in total. The summed E-state index contributed by atoms with van der Waals surface area (Å²) in [6.45, 7) is 3.12. The highest BCUT2D eigenvalue weighted by Gasteiger charge is 2.58. The molecule has 1 aromatic carbocycles. The number of hydrogen-bond donors (Lipinski definition) is 1. The highest BCUT2D eigenvalue weighted by atomic mass is 19.4. The molecule has 1 aliphatic heterocycles. The highest BCUT2D eigenvalue weighted by molar-refractivity contribution is 5.49. The lowest BCUT2D eigenvalue weighted by Gasteiger charge is -2.64. The van der Waals surface area contributed by atoms with E-state index in [1.807, 2.05) is 19.9 Å². The maximum absolute atomic E-state index is 14.0. The third kappa shape index (κ3) is 3.99. The lowest BCUT2D eigenvalue weighted by molar-refractivity contribution is -0.143. The van der Waals surface area contributed by atoms with Crippen LogP contribution in [0.4, 0.5) is 33.7 Å². The van der Waals surface area contributed by atoms with Gasteiger partial charge in [0.25, 0.3) is 0 Å². The zero-order chi connectivity index (χ0) is 24.2. The van der Waals surface area contributed by atoms with Crippen molar-refractivity contribution in [3.63, 3.8) is 0 Å². The fourth-order valence-corrected chi connectivity index (χ4v) is 4.64. The van der Waals surface area contributed by atoms with Gasteiger partial charge in [0.05, 0.1) is 0 Å². The first-order valence-electron chi connectivity index (χ1n) is 10.6. The van der Waals surface area contributed by atoms with E-state index in [-0.39, 0.29) is 29.9 Å². The Morgan fingerprint density at radius 2 is 2.00 bits per heavy atom. The molecule has 13 heteroatoms. The van der Waals surface area contributed by atoms with Crippen LogP contribution >= 0.6 is 0 Å². The van der Waals surface area contributed by atoms with Crippen molar-refractivity contribution in [2.24, 2.45) is 11.8 Å². The molecule has 2 aliphatic rings.